The van der Waals surface area contributed by atoms with Crippen LogP contribution in [0.3, 0.4) is 0 Å². The Labute approximate surface area is 105 Å². The number of rotatable bonds is 6. The molecule has 0 fully saturated rings. The highest BCUT2D eigenvalue weighted by Crippen LogP contribution is 2.04. The number of guanidine groups is 1. The molecule has 0 saturated carbocycles. The van der Waals surface area contributed by atoms with Crippen molar-refractivity contribution in [2.45, 2.75) is 6.42 Å². The highest BCUT2D eigenvalue weighted by atomic mass is 32.2. The number of aromatic nitrogens is 2. The summed E-state index contributed by atoms with van der Waals surface area (Å²) in [4.78, 5) is 12.2. The van der Waals surface area contributed by atoms with Gasteiger partial charge in [0.15, 0.2) is 6.19 Å². The topological polar surface area (TPSA) is 94.1 Å². The van der Waals surface area contributed by atoms with Gasteiger partial charge in [-0.3, -0.25) is 4.99 Å². The molecular weight excluding hydrogens is 236 g/mol. The zero-order valence-corrected chi connectivity index (χ0v) is 10.6. The number of nitrogens with one attached hydrogen (secondary N) is 1. The van der Waals surface area contributed by atoms with E-state index in [2.05, 4.69) is 15.0 Å². The van der Waals surface area contributed by atoms with Gasteiger partial charge in [-0.15, -0.1) is 0 Å². The maximum Gasteiger partial charge on any atom is 0.204 e. The molecule has 3 N–H and O–H groups in total. The van der Waals surface area contributed by atoms with Gasteiger partial charge in [-0.2, -0.15) is 17.0 Å². The number of H-pyrrole nitrogens is 1. The number of nitrogens with zero attached hydrogens (tertiary/aromatic N) is 4. The molecule has 0 bridgehead atoms. The molecule has 17 heavy (non-hydrogen) atoms. The van der Waals surface area contributed by atoms with Crippen LogP contribution >= 0.6 is 11.8 Å². The minimum absolute atomic E-state index is 0.265. The first-order chi connectivity index (χ1) is 8.27. The minimum Gasteiger partial charge on any atom is -0.369 e. The quantitative estimate of drug-likeness (QED) is 0.251. The van der Waals surface area contributed by atoms with Crippen molar-refractivity contribution in [2.24, 2.45) is 10.7 Å². The average molecular weight is 252 g/mol. The Balaban J connectivity index is 2.13. The van der Waals surface area contributed by atoms with Gasteiger partial charge in [-0.25, -0.2) is 9.88 Å². The number of aryl methyl sites for hydroxylation is 1. The second-order valence-corrected chi connectivity index (χ2v) is 4.50. The van der Waals surface area contributed by atoms with Crippen LogP contribution in [0, 0.1) is 11.5 Å². The highest BCUT2D eigenvalue weighted by molar-refractivity contribution is 7.99. The summed E-state index contributed by atoms with van der Waals surface area (Å²) < 4.78 is 0. The number of aromatic amines is 1. The van der Waals surface area contributed by atoms with Crippen molar-refractivity contribution in [1.82, 2.24) is 14.9 Å². The first-order valence-electron chi connectivity index (χ1n) is 5.22. The smallest absolute Gasteiger partial charge is 0.204 e. The largest absolute Gasteiger partial charge is 0.369 e. The van der Waals surface area contributed by atoms with Gasteiger partial charge >= 0.3 is 0 Å². The Morgan fingerprint density at radius 3 is 3.12 bits per heavy atom. The Kier molecular flexibility index (Phi) is 5.96. The zero-order valence-electron chi connectivity index (χ0n) is 9.76. The highest BCUT2D eigenvalue weighted by Gasteiger charge is 2.05. The second-order valence-electron chi connectivity index (χ2n) is 3.27. The van der Waals surface area contributed by atoms with Gasteiger partial charge < -0.3 is 10.7 Å². The summed E-state index contributed by atoms with van der Waals surface area (Å²) in [5.74, 6) is 2.10. The van der Waals surface area contributed by atoms with Crippen LogP contribution in [0.2, 0.25) is 0 Å². The summed E-state index contributed by atoms with van der Waals surface area (Å²) in [5, 5.41) is 8.83. The monoisotopic (exact) mass is 252 g/mol. The molecule has 0 aliphatic carbocycles. The Morgan fingerprint density at radius 2 is 2.53 bits per heavy atom. The van der Waals surface area contributed by atoms with E-state index in [1.165, 1.54) is 4.90 Å². The third-order valence-corrected chi connectivity index (χ3v) is 3.12. The average Bonchev–Trinajstić information content (AvgIpc) is 2.86. The van der Waals surface area contributed by atoms with Crippen molar-refractivity contribution >= 4 is 17.7 Å². The molecule has 0 atom stereocenters. The summed E-state index contributed by atoms with van der Waals surface area (Å²) in [6.07, 6.45) is 6.46. The van der Waals surface area contributed by atoms with E-state index in [4.69, 9.17) is 11.0 Å². The van der Waals surface area contributed by atoms with Crippen LogP contribution in [0.15, 0.2) is 17.5 Å². The van der Waals surface area contributed by atoms with Crippen molar-refractivity contribution in [2.75, 3.05) is 25.1 Å². The van der Waals surface area contributed by atoms with Crippen molar-refractivity contribution in [3.63, 3.8) is 0 Å². The molecule has 1 aromatic heterocycles. The first-order valence-corrected chi connectivity index (χ1v) is 6.38. The molecule has 92 valence electrons. The number of nitrogens with two attached hydrogens (primary N) is 1. The molecule has 0 unspecified atom stereocenters. The van der Waals surface area contributed by atoms with Crippen molar-refractivity contribution < 1.29 is 0 Å². The van der Waals surface area contributed by atoms with Crippen LogP contribution in [0.4, 0.5) is 0 Å². The maximum atomic E-state index is 8.83. The predicted molar refractivity (Wildman–Crippen MR) is 69.5 cm³/mol. The lowest BCUT2D eigenvalue weighted by Crippen LogP contribution is -2.34. The van der Waals surface area contributed by atoms with E-state index in [1.807, 2.05) is 12.4 Å². The molecule has 1 heterocycles. The summed E-state index contributed by atoms with van der Waals surface area (Å²) in [7, 11) is 1.57. The molecule has 0 spiro atoms. The number of thioether (sulfide) groups is 1. The summed E-state index contributed by atoms with van der Waals surface area (Å²) in [6.45, 7) is 0.591. The van der Waals surface area contributed by atoms with Gasteiger partial charge in [0.25, 0.3) is 0 Å². The van der Waals surface area contributed by atoms with Gasteiger partial charge in [0.05, 0.1) is 6.33 Å². The SMILES string of the molecule is CN=C(N)N(C#N)CCSCCc1cnc[nH]1. The van der Waals surface area contributed by atoms with Crippen molar-refractivity contribution in [3.8, 4) is 6.19 Å². The fourth-order valence-electron chi connectivity index (χ4n) is 1.20. The molecule has 0 aromatic carbocycles. The Morgan fingerprint density at radius 1 is 1.71 bits per heavy atom. The van der Waals surface area contributed by atoms with Gasteiger partial charge in [0.1, 0.15) is 0 Å². The van der Waals surface area contributed by atoms with E-state index in [0.717, 1.165) is 23.6 Å². The molecule has 0 aliphatic rings. The summed E-state index contributed by atoms with van der Waals surface area (Å²) in [6, 6.07) is 0. The number of nitriles is 1. The van der Waals surface area contributed by atoms with E-state index < -0.39 is 0 Å². The van der Waals surface area contributed by atoms with Crippen LogP contribution < -0.4 is 5.73 Å². The normalized spacial score (nSPS) is 11.2. The van der Waals surface area contributed by atoms with Crippen LogP contribution in [-0.2, 0) is 6.42 Å². The van der Waals surface area contributed by atoms with Crippen LogP contribution in [-0.4, -0.2) is 45.9 Å². The fourth-order valence-corrected chi connectivity index (χ4v) is 2.08. The summed E-state index contributed by atoms with van der Waals surface area (Å²) in [5.41, 5.74) is 6.68. The fraction of sp³-hybridized carbons (Fsp3) is 0.500. The molecule has 0 radical (unpaired) electrons. The van der Waals surface area contributed by atoms with Gasteiger partial charge in [0.2, 0.25) is 5.96 Å². The lowest BCUT2D eigenvalue weighted by atomic mass is 10.4. The van der Waals surface area contributed by atoms with E-state index in [1.54, 1.807) is 25.1 Å². The maximum absolute atomic E-state index is 8.83. The second kappa shape index (κ2) is 7.57. The predicted octanol–water partition coefficient (Wildman–Crippen LogP) is 0.413. The van der Waals surface area contributed by atoms with Crippen molar-refractivity contribution in [1.29, 1.82) is 5.26 Å². The first kappa shape index (κ1) is 13.4. The van der Waals surface area contributed by atoms with E-state index in [-0.39, 0.29) is 5.96 Å². The lowest BCUT2D eigenvalue weighted by Gasteiger charge is -2.13. The van der Waals surface area contributed by atoms with Gasteiger partial charge in [-0.05, 0) is 12.2 Å². The van der Waals surface area contributed by atoms with E-state index in [9.17, 15) is 0 Å². The molecular formula is C10H16N6S. The van der Waals surface area contributed by atoms with Crippen LogP contribution in [0.1, 0.15) is 5.69 Å². The number of aliphatic imine (C=N–C) groups is 1. The third kappa shape index (κ3) is 4.78. The van der Waals surface area contributed by atoms with Crippen molar-refractivity contribution in [3.05, 3.63) is 18.2 Å². The lowest BCUT2D eigenvalue weighted by molar-refractivity contribution is 0.606. The number of imidazole rings is 1. The molecule has 0 aliphatic heterocycles. The standard InChI is InChI=1S/C10H16N6S/c1-13-10(12)16(7-11)3-5-17-4-2-9-6-14-8-15-9/h6,8H,2-5H2,1H3,(H2,12,13)(H,14,15). The van der Waals surface area contributed by atoms with Crippen LogP contribution in [0.25, 0.3) is 0 Å². The molecule has 6 nitrogen and oxygen atoms in total. The third-order valence-electron chi connectivity index (χ3n) is 2.16. The van der Waals surface area contributed by atoms with Gasteiger partial charge in [-0.1, -0.05) is 0 Å². The Hall–Kier alpha value is -1.68. The zero-order chi connectivity index (χ0) is 12.5. The molecule has 1 rings (SSSR count). The van der Waals surface area contributed by atoms with E-state index >= 15 is 0 Å². The van der Waals surface area contributed by atoms with Gasteiger partial charge in [0, 0.05) is 31.2 Å². The molecule has 0 saturated heterocycles. The molecule has 0 amide bonds. The number of hydrogen-bond acceptors (Lipinski definition) is 4. The van der Waals surface area contributed by atoms with Crippen LogP contribution in [0.5, 0.6) is 0 Å². The minimum atomic E-state index is 0.265. The molecule has 1 aromatic rings. The Bertz CT molecular complexity index is 380. The molecule has 7 heteroatoms. The van der Waals surface area contributed by atoms with E-state index in [0.29, 0.717) is 6.54 Å². The number of hydrogen-bond donors (Lipinski definition) is 2. The summed E-state index contributed by atoms with van der Waals surface area (Å²) >= 11 is 1.77.